The van der Waals surface area contributed by atoms with Crippen LogP contribution in [0.1, 0.15) is 55.9 Å². The van der Waals surface area contributed by atoms with Gasteiger partial charge in [0.1, 0.15) is 11.8 Å². The Morgan fingerprint density at radius 3 is 2.45 bits per heavy atom. The van der Waals surface area contributed by atoms with Crippen LogP contribution in [0, 0.1) is 13.8 Å². The number of nitrogens with zero attached hydrogens (tertiary/aromatic N) is 1. The van der Waals surface area contributed by atoms with Crippen molar-refractivity contribution in [3.8, 4) is 5.75 Å². The zero-order chi connectivity index (χ0) is 23.0. The molecule has 0 unspecified atom stereocenters. The number of carbonyl (C=O) groups is 2. The molecule has 0 saturated carbocycles. The Hall–Kier alpha value is -2.82. The summed E-state index contributed by atoms with van der Waals surface area (Å²) in [5.74, 6) is 0.577. The molecule has 1 N–H and O–H groups in total. The first kappa shape index (κ1) is 24.4. The average molecular weight is 425 g/mol. The van der Waals surface area contributed by atoms with E-state index in [1.165, 1.54) is 0 Å². The first-order valence-electron chi connectivity index (χ1n) is 11.1. The molecule has 0 aliphatic heterocycles. The molecule has 2 atom stereocenters. The Kier molecular flexibility index (Phi) is 9.10. The van der Waals surface area contributed by atoms with Crippen LogP contribution in [-0.4, -0.2) is 35.9 Å². The van der Waals surface area contributed by atoms with Crippen LogP contribution in [0.5, 0.6) is 5.75 Å². The first-order chi connectivity index (χ1) is 14.8. The minimum atomic E-state index is -0.530. The molecule has 2 rings (SSSR count). The Balaban J connectivity index is 2.35. The number of carbonyl (C=O) groups excluding carboxylic acids is 2. The Morgan fingerprint density at radius 2 is 1.81 bits per heavy atom. The monoisotopic (exact) mass is 424 g/mol. The van der Waals surface area contributed by atoms with Crippen molar-refractivity contribution in [2.24, 2.45) is 0 Å². The highest BCUT2D eigenvalue weighted by molar-refractivity contribution is 5.88. The number of ether oxygens (including phenoxy) is 1. The van der Waals surface area contributed by atoms with Gasteiger partial charge in [0.2, 0.25) is 11.8 Å². The van der Waals surface area contributed by atoms with E-state index >= 15 is 0 Å². The summed E-state index contributed by atoms with van der Waals surface area (Å²) >= 11 is 0. The van der Waals surface area contributed by atoms with Gasteiger partial charge in [0.05, 0.1) is 13.5 Å². The van der Waals surface area contributed by atoms with Gasteiger partial charge in [-0.25, -0.2) is 0 Å². The number of hydrogen-bond acceptors (Lipinski definition) is 3. The van der Waals surface area contributed by atoms with Gasteiger partial charge in [-0.05, 0) is 62.4 Å². The predicted octanol–water partition coefficient (Wildman–Crippen LogP) is 4.58. The summed E-state index contributed by atoms with van der Waals surface area (Å²) in [5.41, 5.74) is 4.13. The van der Waals surface area contributed by atoms with Gasteiger partial charge < -0.3 is 15.0 Å². The average Bonchev–Trinajstić information content (AvgIpc) is 2.76. The molecule has 0 heterocycles. The molecule has 0 fully saturated rings. The molecule has 31 heavy (non-hydrogen) atoms. The van der Waals surface area contributed by atoms with Crippen LogP contribution < -0.4 is 10.1 Å². The van der Waals surface area contributed by atoms with Crippen LogP contribution in [0.2, 0.25) is 0 Å². The largest absolute Gasteiger partial charge is 0.497 e. The van der Waals surface area contributed by atoms with Gasteiger partial charge in [-0.2, -0.15) is 0 Å². The van der Waals surface area contributed by atoms with Crippen LogP contribution in [-0.2, 0) is 22.6 Å². The molecular formula is C26H36N2O3. The maximum Gasteiger partial charge on any atom is 0.243 e. The van der Waals surface area contributed by atoms with Gasteiger partial charge in [0, 0.05) is 12.6 Å². The zero-order valence-electron chi connectivity index (χ0n) is 19.7. The third kappa shape index (κ3) is 6.84. The number of amides is 2. The summed E-state index contributed by atoms with van der Waals surface area (Å²) in [7, 11) is 1.62. The van der Waals surface area contributed by atoms with E-state index in [1.54, 1.807) is 12.0 Å². The summed E-state index contributed by atoms with van der Waals surface area (Å²) in [6.07, 6.45) is 1.66. The molecule has 0 spiro atoms. The molecule has 168 valence electrons. The van der Waals surface area contributed by atoms with E-state index in [1.807, 2.05) is 71.0 Å². The molecule has 2 aromatic rings. The van der Waals surface area contributed by atoms with Crippen molar-refractivity contribution in [1.29, 1.82) is 0 Å². The van der Waals surface area contributed by atoms with Crippen LogP contribution in [0.25, 0.3) is 0 Å². The summed E-state index contributed by atoms with van der Waals surface area (Å²) < 4.78 is 5.34. The second-order valence-electron chi connectivity index (χ2n) is 8.22. The standard InChI is InChI=1S/C26H36N2O3/c1-7-20(5)27-26(30)24(8-2)28(17-21-10-9-11-23(15-21)31-6)25(29)16-22-14-18(3)12-13-19(22)4/h9-15,20,24H,7-8,16-17H2,1-6H3,(H,27,30)/t20-,24+/m0/s1. The van der Waals surface area contributed by atoms with Gasteiger partial charge in [-0.3, -0.25) is 9.59 Å². The lowest BCUT2D eigenvalue weighted by molar-refractivity contribution is -0.141. The minimum Gasteiger partial charge on any atom is -0.497 e. The number of rotatable bonds is 10. The van der Waals surface area contributed by atoms with Crippen LogP contribution in [0.15, 0.2) is 42.5 Å². The van der Waals surface area contributed by atoms with Gasteiger partial charge in [0.15, 0.2) is 0 Å². The second-order valence-corrected chi connectivity index (χ2v) is 8.22. The summed E-state index contributed by atoms with van der Waals surface area (Å²) in [5, 5.41) is 3.05. The van der Waals surface area contributed by atoms with Gasteiger partial charge in [0.25, 0.3) is 0 Å². The Morgan fingerprint density at radius 1 is 1.06 bits per heavy atom. The number of aryl methyl sites for hydroxylation is 2. The van der Waals surface area contributed by atoms with Crippen LogP contribution >= 0.6 is 0 Å². The van der Waals surface area contributed by atoms with E-state index in [9.17, 15) is 9.59 Å². The fourth-order valence-corrected chi connectivity index (χ4v) is 3.58. The predicted molar refractivity (Wildman–Crippen MR) is 125 cm³/mol. The van der Waals surface area contributed by atoms with Crippen molar-refractivity contribution in [3.63, 3.8) is 0 Å². The SMILES string of the molecule is CC[C@H](C(=O)N[C@@H](C)CC)N(Cc1cccc(OC)c1)C(=O)Cc1cc(C)ccc1C. The molecule has 0 saturated heterocycles. The minimum absolute atomic E-state index is 0.0531. The lowest BCUT2D eigenvalue weighted by Crippen LogP contribution is -2.51. The third-order valence-corrected chi connectivity index (χ3v) is 5.72. The summed E-state index contributed by atoms with van der Waals surface area (Å²) in [4.78, 5) is 28.3. The van der Waals surface area contributed by atoms with Crippen LogP contribution in [0.3, 0.4) is 0 Å². The lowest BCUT2D eigenvalue weighted by Gasteiger charge is -2.32. The molecule has 5 nitrogen and oxygen atoms in total. The van der Waals surface area contributed by atoms with E-state index in [2.05, 4.69) is 11.4 Å². The topological polar surface area (TPSA) is 58.6 Å². The highest BCUT2D eigenvalue weighted by Crippen LogP contribution is 2.20. The quantitative estimate of drug-likeness (QED) is 0.607. The lowest BCUT2D eigenvalue weighted by atomic mass is 10.0. The number of methoxy groups -OCH3 is 1. The molecule has 2 aromatic carbocycles. The fraction of sp³-hybridized carbons (Fsp3) is 0.462. The zero-order valence-corrected chi connectivity index (χ0v) is 19.7. The highest BCUT2D eigenvalue weighted by Gasteiger charge is 2.29. The number of hydrogen-bond donors (Lipinski definition) is 1. The van der Waals surface area contributed by atoms with Crippen molar-refractivity contribution in [3.05, 3.63) is 64.7 Å². The van der Waals surface area contributed by atoms with Crippen molar-refractivity contribution < 1.29 is 14.3 Å². The Labute approximate surface area is 186 Å². The van der Waals surface area contributed by atoms with Crippen LogP contribution in [0.4, 0.5) is 0 Å². The summed E-state index contributed by atoms with van der Waals surface area (Å²) in [6, 6.07) is 13.3. The van der Waals surface area contributed by atoms with Crippen molar-refractivity contribution in [1.82, 2.24) is 10.2 Å². The molecule has 0 aromatic heterocycles. The van der Waals surface area contributed by atoms with E-state index in [4.69, 9.17) is 4.74 Å². The van der Waals surface area contributed by atoms with Gasteiger partial charge in [-0.1, -0.05) is 49.7 Å². The van der Waals surface area contributed by atoms with E-state index in [0.717, 1.165) is 34.4 Å². The molecule has 0 bridgehead atoms. The smallest absolute Gasteiger partial charge is 0.243 e. The van der Waals surface area contributed by atoms with E-state index < -0.39 is 6.04 Å². The molecule has 0 aliphatic rings. The fourth-order valence-electron chi connectivity index (χ4n) is 3.58. The highest BCUT2D eigenvalue weighted by atomic mass is 16.5. The Bertz CT molecular complexity index is 894. The first-order valence-corrected chi connectivity index (χ1v) is 11.1. The molecule has 2 amide bonds. The van der Waals surface area contributed by atoms with Crippen molar-refractivity contribution >= 4 is 11.8 Å². The van der Waals surface area contributed by atoms with E-state index in [-0.39, 0.29) is 24.3 Å². The molecule has 0 aliphatic carbocycles. The van der Waals surface area contributed by atoms with Gasteiger partial charge >= 0.3 is 0 Å². The normalized spacial score (nSPS) is 12.7. The molecule has 0 radical (unpaired) electrons. The van der Waals surface area contributed by atoms with E-state index in [0.29, 0.717) is 13.0 Å². The maximum absolute atomic E-state index is 13.5. The van der Waals surface area contributed by atoms with Gasteiger partial charge in [-0.15, -0.1) is 0 Å². The molecule has 5 heteroatoms. The molecular weight excluding hydrogens is 388 g/mol. The number of nitrogens with one attached hydrogen (secondary N) is 1. The second kappa shape index (κ2) is 11.5. The third-order valence-electron chi connectivity index (χ3n) is 5.72. The van der Waals surface area contributed by atoms with Crippen molar-refractivity contribution in [2.75, 3.05) is 7.11 Å². The number of benzene rings is 2. The maximum atomic E-state index is 13.5. The van der Waals surface area contributed by atoms with Crippen molar-refractivity contribution in [2.45, 2.75) is 72.5 Å². The summed E-state index contributed by atoms with van der Waals surface area (Å²) in [6.45, 7) is 10.4.